The normalized spacial score (nSPS) is 17.7. The van der Waals surface area contributed by atoms with Gasteiger partial charge < -0.3 is 15.0 Å². The Morgan fingerprint density at radius 3 is 2.88 bits per heavy atom. The van der Waals surface area contributed by atoms with Crippen molar-refractivity contribution in [3.63, 3.8) is 0 Å². The average Bonchev–Trinajstić information content (AvgIpc) is 2.54. The lowest BCUT2D eigenvalue weighted by molar-refractivity contribution is -0.134. The Kier molecular flexibility index (Phi) is 6.64. The van der Waals surface area contributed by atoms with Crippen LogP contribution in [0.1, 0.15) is 43.7 Å². The van der Waals surface area contributed by atoms with Gasteiger partial charge >= 0.3 is 0 Å². The summed E-state index contributed by atoms with van der Waals surface area (Å²) in [5.74, 6) is 1.16. The van der Waals surface area contributed by atoms with E-state index in [1.54, 1.807) is 11.9 Å². The van der Waals surface area contributed by atoms with Crippen molar-refractivity contribution in [1.82, 2.24) is 10.2 Å². The highest BCUT2D eigenvalue weighted by Gasteiger charge is 2.23. The van der Waals surface area contributed by atoms with E-state index in [2.05, 4.69) is 17.4 Å². The smallest absolute Gasteiger partial charge is 0.222 e. The molecular weight excluding hydrogens is 304 g/mol. The van der Waals surface area contributed by atoms with Gasteiger partial charge in [-0.2, -0.15) is 0 Å². The van der Waals surface area contributed by atoms with Gasteiger partial charge in [0.1, 0.15) is 5.75 Å². The van der Waals surface area contributed by atoms with Gasteiger partial charge in [-0.1, -0.05) is 12.1 Å². The Morgan fingerprint density at radius 2 is 2.21 bits per heavy atom. The molecule has 0 spiro atoms. The number of likely N-dealkylation sites (N-methyl/N-ethyl adjacent to an activating group) is 1. The minimum Gasteiger partial charge on any atom is -0.494 e. The number of carbonyl (C=O) groups is 2. The van der Waals surface area contributed by atoms with Crippen LogP contribution in [-0.4, -0.2) is 43.0 Å². The fraction of sp³-hybridized carbons (Fsp3) is 0.579. The molecule has 2 amide bonds. The number of ether oxygens (including phenoxy) is 1. The minimum absolute atomic E-state index is 0.0745. The summed E-state index contributed by atoms with van der Waals surface area (Å²) in [6, 6.07) is 6.29. The van der Waals surface area contributed by atoms with Gasteiger partial charge in [0.05, 0.1) is 6.61 Å². The molecule has 132 valence electrons. The van der Waals surface area contributed by atoms with Crippen LogP contribution >= 0.6 is 0 Å². The largest absolute Gasteiger partial charge is 0.494 e. The number of benzene rings is 1. The zero-order valence-corrected chi connectivity index (χ0v) is 14.9. The molecule has 5 nitrogen and oxygen atoms in total. The number of amides is 2. The van der Waals surface area contributed by atoms with E-state index < -0.39 is 0 Å². The van der Waals surface area contributed by atoms with Gasteiger partial charge in [-0.05, 0) is 50.3 Å². The number of hydrogen-bond donors (Lipinski definition) is 1. The van der Waals surface area contributed by atoms with Crippen molar-refractivity contribution in [3.05, 3.63) is 29.3 Å². The van der Waals surface area contributed by atoms with Gasteiger partial charge in [-0.3, -0.25) is 9.59 Å². The zero-order valence-electron chi connectivity index (χ0n) is 14.9. The number of hydrogen-bond acceptors (Lipinski definition) is 3. The molecule has 0 bridgehead atoms. The van der Waals surface area contributed by atoms with Gasteiger partial charge in [0.15, 0.2) is 0 Å². The molecule has 0 saturated carbocycles. The summed E-state index contributed by atoms with van der Waals surface area (Å²) < 4.78 is 5.54. The van der Waals surface area contributed by atoms with Crippen LogP contribution in [-0.2, 0) is 16.0 Å². The summed E-state index contributed by atoms with van der Waals surface area (Å²) >= 11 is 0. The second-order valence-corrected chi connectivity index (χ2v) is 6.46. The standard InChI is InChI=1S/C19H28N2O3/c1-4-24-17-10-8-15(12-14(17)2)6-5-7-18(22)20-16-9-11-19(23)21(3)13-16/h8,10,12,16H,4-7,9,11,13H2,1-3H3,(H,20,22). The summed E-state index contributed by atoms with van der Waals surface area (Å²) in [6.45, 7) is 5.30. The summed E-state index contributed by atoms with van der Waals surface area (Å²) in [6.07, 6.45) is 3.48. The fourth-order valence-electron chi connectivity index (χ4n) is 3.07. The SMILES string of the molecule is CCOc1ccc(CCCC(=O)NC2CCC(=O)N(C)C2)cc1C. The van der Waals surface area contributed by atoms with Crippen LogP contribution in [0.3, 0.4) is 0 Å². The molecule has 1 N–H and O–H groups in total. The first-order valence-electron chi connectivity index (χ1n) is 8.75. The van der Waals surface area contributed by atoms with Gasteiger partial charge in [-0.25, -0.2) is 0 Å². The Balaban J connectivity index is 1.72. The maximum Gasteiger partial charge on any atom is 0.222 e. The summed E-state index contributed by atoms with van der Waals surface area (Å²) in [7, 11) is 1.79. The van der Waals surface area contributed by atoms with E-state index >= 15 is 0 Å². The maximum atomic E-state index is 12.1. The van der Waals surface area contributed by atoms with E-state index in [9.17, 15) is 9.59 Å². The number of likely N-dealkylation sites (tertiary alicyclic amines) is 1. The van der Waals surface area contributed by atoms with E-state index in [0.717, 1.165) is 30.6 Å². The molecule has 24 heavy (non-hydrogen) atoms. The van der Waals surface area contributed by atoms with Crippen LogP contribution in [0.15, 0.2) is 18.2 Å². The van der Waals surface area contributed by atoms with Crippen LogP contribution in [0.2, 0.25) is 0 Å². The molecule has 0 aliphatic carbocycles. The first-order valence-corrected chi connectivity index (χ1v) is 8.75. The molecule has 2 rings (SSSR count). The molecule has 1 aromatic rings. The molecule has 5 heteroatoms. The van der Waals surface area contributed by atoms with E-state index in [-0.39, 0.29) is 17.9 Å². The maximum absolute atomic E-state index is 12.1. The van der Waals surface area contributed by atoms with Crippen molar-refractivity contribution in [2.24, 2.45) is 0 Å². The topological polar surface area (TPSA) is 58.6 Å². The molecule has 1 aromatic carbocycles. The first kappa shape index (κ1) is 18.3. The van der Waals surface area contributed by atoms with Crippen molar-refractivity contribution >= 4 is 11.8 Å². The Hall–Kier alpha value is -2.04. The highest BCUT2D eigenvalue weighted by Crippen LogP contribution is 2.20. The van der Waals surface area contributed by atoms with Crippen molar-refractivity contribution in [2.75, 3.05) is 20.2 Å². The summed E-state index contributed by atoms with van der Waals surface area (Å²) in [5, 5.41) is 3.04. The zero-order chi connectivity index (χ0) is 17.5. The van der Waals surface area contributed by atoms with Crippen molar-refractivity contribution in [3.8, 4) is 5.75 Å². The number of nitrogens with one attached hydrogen (secondary N) is 1. The van der Waals surface area contributed by atoms with E-state index in [1.165, 1.54) is 5.56 Å². The lowest BCUT2D eigenvalue weighted by Crippen LogP contribution is -2.48. The van der Waals surface area contributed by atoms with Gasteiger partial charge in [0.2, 0.25) is 11.8 Å². The van der Waals surface area contributed by atoms with Crippen LogP contribution in [0.25, 0.3) is 0 Å². The third kappa shape index (κ3) is 5.25. The molecule has 1 saturated heterocycles. The molecule has 1 fully saturated rings. The Bertz CT molecular complexity index is 586. The molecule has 1 atom stereocenters. The number of nitrogens with zero attached hydrogens (tertiary/aromatic N) is 1. The number of piperidine rings is 1. The van der Waals surface area contributed by atoms with Crippen molar-refractivity contribution in [2.45, 2.75) is 52.0 Å². The van der Waals surface area contributed by atoms with E-state index in [4.69, 9.17) is 4.74 Å². The lowest BCUT2D eigenvalue weighted by Gasteiger charge is -2.30. The quantitative estimate of drug-likeness (QED) is 0.834. The van der Waals surface area contributed by atoms with Crippen LogP contribution in [0.4, 0.5) is 0 Å². The molecule has 1 aliphatic rings. The fourth-order valence-corrected chi connectivity index (χ4v) is 3.07. The Labute approximate surface area is 144 Å². The molecule has 0 aromatic heterocycles. The second-order valence-electron chi connectivity index (χ2n) is 6.46. The van der Waals surface area contributed by atoms with Crippen LogP contribution in [0, 0.1) is 6.92 Å². The molecule has 1 unspecified atom stereocenters. The highest BCUT2D eigenvalue weighted by atomic mass is 16.5. The molecular formula is C19H28N2O3. The van der Waals surface area contributed by atoms with Crippen molar-refractivity contribution in [1.29, 1.82) is 0 Å². The Morgan fingerprint density at radius 1 is 1.42 bits per heavy atom. The molecule has 0 radical (unpaired) electrons. The third-order valence-electron chi connectivity index (χ3n) is 4.40. The average molecular weight is 332 g/mol. The lowest BCUT2D eigenvalue weighted by atomic mass is 10.0. The van der Waals surface area contributed by atoms with Crippen LogP contribution in [0.5, 0.6) is 5.75 Å². The monoisotopic (exact) mass is 332 g/mol. The minimum atomic E-state index is 0.0745. The van der Waals surface area contributed by atoms with Gasteiger partial charge in [0, 0.05) is 32.5 Å². The third-order valence-corrected chi connectivity index (χ3v) is 4.40. The van der Waals surface area contributed by atoms with Gasteiger partial charge in [0.25, 0.3) is 0 Å². The van der Waals surface area contributed by atoms with Crippen LogP contribution < -0.4 is 10.1 Å². The van der Waals surface area contributed by atoms with E-state index in [0.29, 0.717) is 26.0 Å². The predicted octanol–water partition coefficient (Wildman–Crippen LogP) is 2.45. The highest BCUT2D eigenvalue weighted by molar-refractivity contribution is 5.78. The first-order chi connectivity index (χ1) is 11.5. The number of aryl methyl sites for hydroxylation is 2. The summed E-state index contributed by atoms with van der Waals surface area (Å²) in [4.78, 5) is 25.2. The number of carbonyl (C=O) groups excluding carboxylic acids is 2. The van der Waals surface area contributed by atoms with Crippen molar-refractivity contribution < 1.29 is 14.3 Å². The summed E-state index contributed by atoms with van der Waals surface area (Å²) in [5.41, 5.74) is 2.36. The predicted molar refractivity (Wildman–Crippen MR) is 94.1 cm³/mol. The van der Waals surface area contributed by atoms with E-state index in [1.807, 2.05) is 19.9 Å². The number of rotatable bonds is 7. The molecule has 1 heterocycles. The van der Waals surface area contributed by atoms with Gasteiger partial charge in [-0.15, -0.1) is 0 Å². The molecule has 1 aliphatic heterocycles. The second kappa shape index (κ2) is 8.71.